The fraction of sp³-hybridized carbons (Fsp3) is 0.143. The fourth-order valence-corrected chi connectivity index (χ4v) is 2.09. The first-order valence-electron chi connectivity index (χ1n) is 5.89. The van der Waals surface area contributed by atoms with E-state index in [1.807, 2.05) is 41.2 Å². The van der Waals surface area contributed by atoms with E-state index >= 15 is 0 Å². The molecule has 104 valence electrons. The first kappa shape index (κ1) is 14.3. The van der Waals surface area contributed by atoms with Crippen molar-refractivity contribution in [3.63, 3.8) is 0 Å². The van der Waals surface area contributed by atoms with E-state index in [1.54, 1.807) is 6.07 Å². The Labute approximate surface area is 124 Å². The van der Waals surface area contributed by atoms with Crippen LogP contribution in [0.4, 0.5) is 0 Å². The molecule has 1 heterocycles. The van der Waals surface area contributed by atoms with Crippen LogP contribution in [0.3, 0.4) is 0 Å². The Kier molecular flexibility index (Phi) is 4.57. The topological polar surface area (TPSA) is 60.3 Å². The second-order valence-corrected chi connectivity index (χ2v) is 4.93. The molecule has 0 spiro atoms. The highest BCUT2D eigenvalue weighted by atomic mass is 79.9. The summed E-state index contributed by atoms with van der Waals surface area (Å²) in [6.45, 7) is -0.160. The van der Waals surface area contributed by atoms with Gasteiger partial charge in [0.05, 0.1) is 18.4 Å². The summed E-state index contributed by atoms with van der Waals surface area (Å²) < 4.78 is 7.12. The summed E-state index contributed by atoms with van der Waals surface area (Å²) >= 11 is 3.34. The van der Waals surface area contributed by atoms with E-state index in [0.717, 1.165) is 10.2 Å². The lowest BCUT2D eigenvalue weighted by Gasteiger charge is -2.11. The molecule has 20 heavy (non-hydrogen) atoms. The normalized spacial score (nSPS) is 10.1. The molecule has 0 saturated heterocycles. The maximum atomic E-state index is 12.2. The zero-order chi connectivity index (χ0) is 14.5. The van der Waals surface area contributed by atoms with Crippen LogP contribution in [0.1, 0.15) is 10.4 Å². The third kappa shape index (κ3) is 3.27. The Balaban J connectivity index is 2.28. The van der Waals surface area contributed by atoms with Crippen LogP contribution in [0.2, 0.25) is 0 Å². The molecule has 1 aromatic heterocycles. The maximum Gasteiger partial charge on any atom is 0.325 e. The number of hydrogen-bond acceptors (Lipinski definition) is 3. The molecule has 0 fully saturated rings. The summed E-state index contributed by atoms with van der Waals surface area (Å²) in [6.07, 6.45) is 3.70. The molecule has 1 N–H and O–H groups in total. The second kappa shape index (κ2) is 6.38. The average molecular weight is 337 g/mol. The third-order valence-corrected chi connectivity index (χ3v) is 3.20. The number of rotatable bonds is 4. The Bertz CT molecular complexity index is 623. The van der Waals surface area contributed by atoms with Crippen molar-refractivity contribution in [3.8, 4) is 5.69 Å². The summed E-state index contributed by atoms with van der Waals surface area (Å²) in [7, 11) is 1.28. The molecule has 0 aliphatic carbocycles. The predicted molar refractivity (Wildman–Crippen MR) is 77.8 cm³/mol. The molecule has 0 aliphatic heterocycles. The van der Waals surface area contributed by atoms with E-state index in [2.05, 4.69) is 26.0 Å². The summed E-state index contributed by atoms with van der Waals surface area (Å²) in [5.74, 6) is -0.823. The molecule has 0 aliphatic rings. The molecule has 1 aromatic carbocycles. The van der Waals surface area contributed by atoms with Gasteiger partial charge in [-0.1, -0.05) is 15.9 Å². The van der Waals surface area contributed by atoms with Gasteiger partial charge in [0.2, 0.25) is 0 Å². The highest BCUT2D eigenvalue weighted by Gasteiger charge is 2.14. The van der Waals surface area contributed by atoms with E-state index < -0.39 is 5.97 Å². The number of nitrogens with zero attached hydrogens (tertiary/aromatic N) is 1. The number of amides is 1. The summed E-state index contributed by atoms with van der Waals surface area (Å²) in [5.41, 5.74) is 1.21. The molecular weight excluding hydrogens is 324 g/mol. The third-order valence-electron chi connectivity index (χ3n) is 2.71. The standard InChI is InChI=1S/C14H13BrN2O3/c1-20-13(18)9-16-14(19)11-8-10(15)4-5-12(11)17-6-2-3-7-17/h2-8H,9H2,1H3,(H,16,19). The summed E-state index contributed by atoms with van der Waals surface area (Å²) in [4.78, 5) is 23.3. The van der Waals surface area contributed by atoms with Gasteiger partial charge in [0.15, 0.2) is 0 Å². The highest BCUT2D eigenvalue weighted by molar-refractivity contribution is 9.10. The number of ether oxygens (including phenoxy) is 1. The lowest BCUT2D eigenvalue weighted by atomic mass is 10.1. The minimum absolute atomic E-state index is 0.160. The van der Waals surface area contributed by atoms with Gasteiger partial charge in [0, 0.05) is 16.9 Å². The molecule has 0 unspecified atom stereocenters. The van der Waals surface area contributed by atoms with Crippen molar-refractivity contribution >= 4 is 27.8 Å². The zero-order valence-electron chi connectivity index (χ0n) is 10.8. The summed E-state index contributed by atoms with van der Waals surface area (Å²) in [5, 5.41) is 2.53. The van der Waals surface area contributed by atoms with Gasteiger partial charge in [0.25, 0.3) is 5.91 Å². The van der Waals surface area contributed by atoms with Crippen LogP contribution in [0, 0.1) is 0 Å². The predicted octanol–water partition coefficient (Wildman–Crippen LogP) is 2.14. The largest absolute Gasteiger partial charge is 0.468 e. The van der Waals surface area contributed by atoms with Crippen molar-refractivity contribution in [2.75, 3.05) is 13.7 Å². The molecule has 0 radical (unpaired) electrons. The number of carbonyl (C=O) groups is 2. The number of benzene rings is 1. The van der Waals surface area contributed by atoms with Gasteiger partial charge >= 0.3 is 5.97 Å². The fourth-order valence-electron chi connectivity index (χ4n) is 1.73. The Morgan fingerprint density at radius 3 is 2.65 bits per heavy atom. The molecule has 5 nitrogen and oxygen atoms in total. The van der Waals surface area contributed by atoms with Crippen LogP contribution < -0.4 is 5.32 Å². The van der Waals surface area contributed by atoms with Gasteiger partial charge in [-0.3, -0.25) is 9.59 Å². The van der Waals surface area contributed by atoms with Gasteiger partial charge in [-0.2, -0.15) is 0 Å². The maximum absolute atomic E-state index is 12.2. The Morgan fingerprint density at radius 1 is 1.30 bits per heavy atom. The number of nitrogens with one attached hydrogen (secondary N) is 1. The molecule has 2 rings (SSSR count). The van der Waals surface area contributed by atoms with E-state index in [1.165, 1.54) is 7.11 Å². The average Bonchev–Trinajstić information content (AvgIpc) is 2.98. The number of hydrogen-bond donors (Lipinski definition) is 1. The monoisotopic (exact) mass is 336 g/mol. The van der Waals surface area contributed by atoms with Gasteiger partial charge < -0.3 is 14.6 Å². The van der Waals surface area contributed by atoms with Crippen LogP contribution in [0.25, 0.3) is 5.69 Å². The van der Waals surface area contributed by atoms with Crippen molar-refractivity contribution < 1.29 is 14.3 Å². The number of aromatic nitrogens is 1. The molecule has 0 atom stereocenters. The van der Waals surface area contributed by atoms with Crippen LogP contribution in [-0.2, 0) is 9.53 Å². The second-order valence-electron chi connectivity index (χ2n) is 4.01. The summed E-state index contributed by atoms with van der Waals surface area (Å²) in [6, 6.07) is 9.14. The van der Waals surface area contributed by atoms with Crippen LogP contribution in [0.5, 0.6) is 0 Å². The van der Waals surface area contributed by atoms with Crippen molar-refractivity contribution in [1.29, 1.82) is 0 Å². The van der Waals surface area contributed by atoms with E-state index in [9.17, 15) is 9.59 Å². The minimum Gasteiger partial charge on any atom is -0.468 e. The SMILES string of the molecule is COC(=O)CNC(=O)c1cc(Br)ccc1-n1cccc1. The van der Waals surface area contributed by atoms with Crippen molar-refractivity contribution in [3.05, 3.63) is 52.8 Å². The molecule has 1 amide bonds. The van der Waals surface area contributed by atoms with Crippen LogP contribution in [-0.4, -0.2) is 30.1 Å². The molecule has 2 aromatic rings. The molecule has 0 saturated carbocycles. The molecule has 0 bridgehead atoms. The van der Waals surface area contributed by atoms with Crippen molar-refractivity contribution in [2.24, 2.45) is 0 Å². The van der Waals surface area contributed by atoms with E-state index in [-0.39, 0.29) is 12.5 Å². The van der Waals surface area contributed by atoms with Gasteiger partial charge in [-0.05, 0) is 30.3 Å². The Morgan fingerprint density at radius 2 is 2.00 bits per heavy atom. The first-order chi connectivity index (χ1) is 9.61. The Hall–Kier alpha value is -2.08. The van der Waals surface area contributed by atoms with Crippen molar-refractivity contribution in [1.82, 2.24) is 9.88 Å². The number of methoxy groups -OCH3 is 1. The van der Waals surface area contributed by atoms with E-state index in [4.69, 9.17) is 0 Å². The van der Waals surface area contributed by atoms with Crippen LogP contribution in [0.15, 0.2) is 47.2 Å². The molecular formula is C14H13BrN2O3. The smallest absolute Gasteiger partial charge is 0.325 e. The van der Waals surface area contributed by atoms with Crippen LogP contribution >= 0.6 is 15.9 Å². The zero-order valence-corrected chi connectivity index (χ0v) is 12.4. The lowest BCUT2D eigenvalue weighted by molar-refractivity contribution is -0.139. The number of halogens is 1. The van der Waals surface area contributed by atoms with Crippen molar-refractivity contribution in [2.45, 2.75) is 0 Å². The van der Waals surface area contributed by atoms with Gasteiger partial charge in [-0.25, -0.2) is 0 Å². The van der Waals surface area contributed by atoms with Gasteiger partial charge in [0.1, 0.15) is 6.54 Å². The minimum atomic E-state index is -0.490. The number of esters is 1. The number of carbonyl (C=O) groups excluding carboxylic acids is 2. The van der Waals surface area contributed by atoms with Gasteiger partial charge in [-0.15, -0.1) is 0 Å². The molecule has 6 heteroatoms. The highest BCUT2D eigenvalue weighted by Crippen LogP contribution is 2.20. The first-order valence-corrected chi connectivity index (χ1v) is 6.69. The lowest BCUT2D eigenvalue weighted by Crippen LogP contribution is -2.30. The quantitative estimate of drug-likeness (QED) is 0.870. The van der Waals surface area contributed by atoms with E-state index in [0.29, 0.717) is 5.56 Å².